The van der Waals surface area contributed by atoms with Gasteiger partial charge in [-0.05, 0) is 57.5 Å². The van der Waals surface area contributed by atoms with Crippen molar-refractivity contribution in [3.63, 3.8) is 0 Å². The maximum absolute atomic E-state index is 12.0. The van der Waals surface area contributed by atoms with Crippen LogP contribution >= 0.6 is 0 Å². The van der Waals surface area contributed by atoms with Crippen molar-refractivity contribution >= 4 is 6.09 Å². The number of nitrogens with zero attached hydrogens (tertiary/aromatic N) is 1. The van der Waals surface area contributed by atoms with Gasteiger partial charge in [-0.15, -0.1) is 0 Å². The highest BCUT2D eigenvalue weighted by atomic mass is 16.6. The summed E-state index contributed by atoms with van der Waals surface area (Å²) in [6.07, 6.45) is -0.127. The highest BCUT2D eigenvalue weighted by molar-refractivity contribution is 5.68. The lowest BCUT2D eigenvalue weighted by atomic mass is 9.60. The zero-order valence-corrected chi connectivity index (χ0v) is 10.9. The van der Waals surface area contributed by atoms with Crippen molar-refractivity contribution in [3.05, 3.63) is 0 Å². The summed E-state index contributed by atoms with van der Waals surface area (Å²) in [6.45, 7) is 9.88. The predicted octanol–water partition coefficient (Wildman–Crippen LogP) is 1.32. The van der Waals surface area contributed by atoms with Crippen LogP contribution in [0.25, 0.3) is 0 Å². The van der Waals surface area contributed by atoms with E-state index in [1.54, 1.807) is 0 Å². The molecule has 4 atom stereocenters. The zero-order chi connectivity index (χ0) is 12.2. The molecule has 0 spiro atoms. The first-order valence-corrected chi connectivity index (χ1v) is 6.64. The van der Waals surface area contributed by atoms with E-state index in [1.165, 1.54) is 0 Å². The summed E-state index contributed by atoms with van der Waals surface area (Å²) in [5.74, 6) is 3.07. The molecular formula is C13H22N2O2. The quantitative estimate of drug-likeness (QED) is 0.692. The molecule has 3 aliphatic rings. The number of nitrogens with one attached hydrogen (secondary N) is 1. The number of rotatable bonds is 0. The van der Waals surface area contributed by atoms with E-state index in [0.717, 1.165) is 49.9 Å². The van der Waals surface area contributed by atoms with Gasteiger partial charge in [-0.2, -0.15) is 0 Å². The Hall–Kier alpha value is -0.770. The average molecular weight is 238 g/mol. The zero-order valence-electron chi connectivity index (χ0n) is 10.9. The molecule has 3 rings (SSSR count). The summed E-state index contributed by atoms with van der Waals surface area (Å²) in [4.78, 5) is 13.9. The topological polar surface area (TPSA) is 41.6 Å². The van der Waals surface area contributed by atoms with Crippen molar-refractivity contribution in [2.75, 3.05) is 26.2 Å². The molecule has 2 heterocycles. The van der Waals surface area contributed by atoms with Crippen LogP contribution in [0.5, 0.6) is 0 Å². The summed E-state index contributed by atoms with van der Waals surface area (Å²) < 4.78 is 5.44. The van der Waals surface area contributed by atoms with Gasteiger partial charge in [-0.25, -0.2) is 4.79 Å². The molecule has 4 nitrogen and oxygen atoms in total. The van der Waals surface area contributed by atoms with Gasteiger partial charge in [0, 0.05) is 13.1 Å². The second-order valence-corrected chi connectivity index (χ2v) is 6.70. The molecule has 1 aliphatic carbocycles. The third kappa shape index (κ3) is 1.82. The van der Waals surface area contributed by atoms with E-state index < -0.39 is 0 Å². The number of likely N-dealkylation sites (tertiary alicyclic amines) is 1. The first kappa shape index (κ1) is 11.3. The molecule has 0 radical (unpaired) electrons. The molecule has 96 valence electrons. The maximum Gasteiger partial charge on any atom is 0.410 e. The van der Waals surface area contributed by atoms with Crippen LogP contribution in [-0.2, 0) is 4.74 Å². The van der Waals surface area contributed by atoms with E-state index in [-0.39, 0.29) is 11.7 Å². The minimum absolute atomic E-state index is 0.127. The maximum atomic E-state index is 12.0. The molecule has 1 saturated carbocycles. The fourth-order valence-electron chi connectivity index (χ4n) is 3.75. The third-order valence-electron chi connectivity index (χ3n) is 4.47. The predicted molar refractivity (Wildman–Crippen MR) is 64.6 cm³/mol. The fourth-order valence-corrected chi connectivity index (χ4v) is 3.75. The highest BCUT2D eigenvalue weighted by Crippen LogP contribution is 2.52. The van der Waals surface area contributed by atoms with E-state index in [1.807, 2.05) is 25.7 Å². The van der Waals surface area contributed by atoms with Crippen LogP contribution in [0, 0.1) is 23.7 Å². The van der Waals surface area contributed by atoms with E-state index >= 15 is 0 Å². The van der Waals surface area contributed by atoms with Gasteiger partial charge in [0.1, 0.15) is 5.60 Å². The van der Waals surface area contributed by atoms with E-state index in [0.29, 0.717) is 0 Å². The normalized spacial score (nSPS) is 39.6. The monoisotopic (exact) mass is 238 g/mol. The Morgan fingerprint density at radius 1 is 1.12 bits per heavy atom. The molecule has 1 amide bonds. The van der Waals surface area contributed by atoms with Crippen LogP contribution < -0.4 is 5.32 Å². The molecule has 0 bridgehead atoms. The summed E-state index contributed by atoms with van der Waals surface area (Å²) in [6, 6.07) is 0. The minimum atomic E-state index is -0.379. The second kappa shape index (κ2) is 3.61. The van der Waals surface area contributed by atoms with Gasteiger partial charge in [0.05, 0.1) is 0 Å². The van der Waals surface area contributed by atoms with Crippen LogP contribution in [0.4, 0.5) is 4.79 Å². The summed E-state index contributed by atoms with van der Waals surface area (Å²) in [7, 11) is 0. The second-order valence-electron chi connectivity index (χ2n) is 6.70. The van der Waals surface area contributed by atoms with Crippen molar-refractivity contribution in [3.8, 4) is 0 Å². The number of hydrogen-bond donors (Lipinski definition) is 1. The Labute approximate surface area is 103 Å². The van der Waals surface area contributed by atoms with Crippen LogP contribution in [0.15, 0.2) is 0 Å². The summed E-state index contributed by atoms with van der Waals surface area (Å²) in [5.41, 5.74) is -0.379. The Morgan fingerprint density at radius 2 is 1.65 bits per heavy atom. The Kier molecular flexibility index (Phi) is 2.41. The van der Waals surface area contributed by atoms with Crippen molar-refractivity contribution < 1.29 is 9.53 Å². The standard InChI is InChI=1S/C13H22N2O2/c1-13(2,3)17-12(16)15-6-10-8-4-14-5-9(8)11(10)7-15/h8-11,14H,4-7H2,1-3H3/t8-,9+,10+,11-. The van der Waals surface area contributed by atoms with E-state index in [9.17, 15) is 4.79 Å². The van der Waals surface area contributed by atoms with Gasteiger partial charge in [0.2, 0.25) is 0 Å². The highest BCUT2D eigenvalue weighted by Gasteiger charge is 2.57. The lowest BCUT2D eigenvalue weighted by molar-refractivity contribution is 0.0287. The van der Waals surface area contributed by atoms with Crippen molar-refractivity contribution in [1.82, 2.24) is 10.2 Å². The van der Waals surface area contributed by atoms with Crippen molar-refractivity contribution in [2.24, 2.45) is 23.7 Å². The molecule has 0 aromatic carbocycles. The molecule has 0 aromatic rings. The van der Waals surface area contributed by atoms with Gasteiger partial charge in [-0.3, -0.25) is 0 Å². The molecule has 0 unspecified atom stereocenters. The smallest absolute Gasteiger partial charge is 0.410 e. The lowest BCUT2D eigenvalue weighted by Gasteiger charge is -2.43. The molecule has 4 heteroatoms. The SMILES string of the molecule is CC(C)(C)OC(=O)N1C[C@@H]2[C@H]3CNC[C@H]3[C@@H]2C1. The molecular weight excluding hydrogens is 216 g/mol. The van der Waals surface area contributed by atoms with Crippen LogP contribution in [-0.4, -0.2) is 42.8 Å². The Balaban J connectivity index is 1.60. The first-order chi connectivity index (χ1) is 7.96. The first-order valence-electron chi connectivity index (χ1n) is 6.64. The molecule has 2 aliphatic heterocycles. The van der Waals surface area contributed by atoms with E-state index in [4.69, 9.17) is 4.74 Å². The molecule has 17 heavy (non-hydrogen) atoms. The van der Waals surface area contributed by atoms with Crippen molar-refractivity contribution in [2.45, 2.75) is 26.4 Å². The Morgan fingerprint density at radius 3 is 2.12 bits per heavy atom. The third-order valence-corrected chi connectivity index (χ3v) is 4.47. The number of fused-ring (bicyclic) bond motifs is 4. The van der Waals surface area contributed by atoms with Gasteiger partial charge in [0.25, 0.3) is 0 Å². The number of carbonyl (C=O) groups excluding carboxylic acids is 1. The number of ether oxygens (including phenoxy) is 1. The molecule has 2 saturated heterocycles. The van der Waals surface area contributed by atoms with Gasteiger partial charge in [0.15, 0.2) is 0 Å². The van der Waals surface area contributed by atoms with Crippen LogP contribution in [0.2, 0.25) is 0 Å². The van der Waals surface area contributed by atoms with Gasteiger partial charge in [-0.1, -0.05) is 0 Å². The Bertz CT molecular complexity index is 319. The van der Waals surface area contributed by atoms with Gasteiger partial charge >= 0.3 is 6.09 Å². The van der Waals surface area contributed by atoms with E-state index in [2.05, 4.69) is 5.32 Å². The molecule has 3 fully saturated rings. The van der Waals surface area contributed by atoms with Crippen molar-refractivity contribution in [1.29, 1.82) is 0 Å². The summed E-state index contributed by atoms with van der Waals surface area (Å²) >= 11 is 0. The van der Waals surface area contributed by atoms with Gasteiger partial charge < -0.3 is 15.0 Å². The van der Waals surface area contributed by atoms with Crippen LogP contribution in [0.3, 0.4) is 0 Å². The molecule has 0 aromatic heterocycles. The minimum Gasteiger partial charge on any atom is -0.444 e. The summed E-state index contributed by atoms with van der Waals surface area (Å²) in [5, 5.41) is 3.46. The largest absolute Gasteiger partial charge is 0.444 e. The molecule has 1 N–H and O–H groups in total. The number of carbonyl (C=O) groups is 1. The number of hydrogen-bond acceptors (Lipinski definition) is 3. The lowest BCUT2D eigenvalue weighted by Crippen LogP contribution is -2.44. The number of amides is 1. The average Bonchev–Trinajstić information content (AvgIpc) is 2.71. The fraction of sp³-hybridized carbons (Fsp3) is 0.923. The van der Waals surface area contributed by atoms with Crippen LogP contribution in [0.1, 0.15) is 20.8 Å².